The first-order chi connectivity index (χ1) is 13.5. The predicted octanol–water partition coefficient (Wildman–Crippen LogP) is 6.68. The molecule has 1 aromatic heterocycles. The van der Waals surface area contributed by atoms with Gasteiger partial charge in [0.2, 0.25) is 0 Å². The quantitative estimate of drug-likeness (QED) is 0.458. The fourth-order valence-electron chi connectivity index (χ4n) is 3.21. The molecule has 162 valence electrons. The molecule has 3 nitrogen and oxygen atoms in total. The molecule has 1 aromatic carbocycles. The highest BCUT2D eigenvalue weighted by molar-refractivity contribution is 5.99. The van der Waals surface area contributed by atoms with Crippen molar-refractivity contribution in [3.05, 3.63) is 35.0 Å². The molecule has 0 aliphatic rings. The van der Waals surface area contributed by atoms with E-state index in [9.17, 15) is 31.1 Å². The van der Waals surface area contributed by atoms with Crippen molar-refractivity contribution in [1.29, 1.82) is 0 Å². The number of alkyl halides is 6. The van der Waals surface area contributed by atoms with Crippen LogP contribution in [-0.2, 0) is 12.4 Å². The fourth-order valence-corrected chi connectivity index (χ4v) is 3.21. The first-order valence-electron chi connectivity index (χ1n) is 9.59. The summed E-state index contributed by atoms with van der Waals surface area (Å²) in [5.41, 5.74) is -3.42. The first kappa shape index (κ1) is 23.1. The summed E-state index contributed by atoms with van der Waals surface area (Å²) in [6, 6.07) is 1.49. The van der Waals surface area contributed by atoms with Crippen molar-refractivity contribution >= 4 is 16.8 Å². The number of unbranched alkanes of at least 4 members (excludes halogenated alkanes) is 2. The molecule has 0 saturated heterocycles. The zero-order chi connectivity index (χ0) is 21.8. The maximum absolute atomic E-state index is 13.3. The van der Waals surface area contributed by atoms with Crippen molar-refractivity contribution in [2.24, 2.45) is 0 Å². The van der Waals surface area contributed by atoms with Crippen LogP contribution in [0, 0.1) is 0 Å². The first-order valence-corrected chi connectivity index (χ1v) is 9.59. The van der Waals surface area contributed by atoms with Crippen LogP contribution in [0.3, 0.4) is 0 Å². The van der Waals surface area contributed by atoms with E-state index in [2.05, 4.69) is 10.3 Å². The lowest BCUT2D eigenvalue weighted by Gasteiger charge is -2.17. The molecule has 0 aliphatic carbocycles. The van der Waals surface area contributed by atoms with E-state index in [4.69, 9.17) is 0 Å². The zero-order valence-corrected chi connectivity index (χ0v) is 16.2. The van der Waals surface area contributed by atoms with Crippen LogP contribution in [0.5, 0.6) is 0 Å². The minimum Gasteiger partial charge on any atom is -0.351 e. The third-order valence-corrected chi connectivity index (χ3v) is 4.76. The maximum Gasteiger partial charge on any atom is 0.417 e. The molecule has 0 radical (unpaired) electrons. The Kier molecular flexibility index (Phi) is 7.24. The number of carbonyl (C=O) groups is 1. The molecule has 9 heteroatoms. The molecule has 2 rings (SSSR count). The second-order valence-corrected chi connectivity index (χ2v) is 7.12. The number of aromatic amines is 1. The number of aromatic nitrogens is 1. The Labute approximate surface area is 164 Å². The van der Waals surface area contributed by atoms with E-state index in [1.54, 1.807) is 0 Å². The average molecular weight is 422 g/mol. The lowest BCUT2D eigenvalue weighted by Crippen LogP contribution is -2.35. The molecular weight excluding hydrogens is 398 g/mol. The second-order valence-electron chi connectivity index (χ2n) is 7.12. The molecule has 2 aromatic rings. The Morgan fingerprint density at radius 3 is 2.03 bits per heavy atom. The van der Waals surface area contributed by atoms with Gasteiger partial charge in [0.15, 0.2) is 0 Å². The van der Waals surface area contributed by atoms with E-state index in [0.717, 1.165) is 44.6 Å². The van der Waals surface area contributed by atoms with Gasteiger partial charge in [-0.3, -0.25) is 4.79 Å². The van der Waals surface area contributed by atoms with Crippen LogP contribution in [0.25, 0.3) is 10.9 Å². The standard InChI is InChI=1S/C20H24F6N2O/c1-3-5-7-13(8-6-4-2)27-18(29)17-11-14-15(20(24,25)26)9-12(19(21,22)23)10-16(14)28-17/h9-11,13,28H,3-8H2,1-2H3,(H,27,29). The molecule has 2 N–H and O–H groups in total. The molecule has 0 bridgehead atoms. The number of hydrogen-bond acceptors (Lipinski definition) is 1. The molecule has 1 heterocycles. The van der Waals surface area contributed by atoms with E-state index in [1.165, 1.54) is 0 Å². The highest BCUT2D eigenvalue weighted by atomic mass is 19.4. The van der Waals surface area contributed by atoms with Crippen LogP contribution in [0.2, 0.25) is 0 Å². The van der Waals surface area contributed by atoms with Gasteiger partial charge in [-0.1, -0.05) is 39.5 Å². The Bertz CT molecular complexity index is 830. The van der Waals surface area contributed by atoms with Crippen LogP contribution in [0.4, 0.5) is 26.3 Å². The van der Waals surface area contributed by atoms with E-state index >= 15 is 0 Å². The van der Waals surface area contributed by atoms with Gasteiger partial charge in [-0.2, -0.15) is 26.3 Å². The Hall–Kier alpha value is -2.19. The number of nitrogens with one attached hydrogen (secondary N) is 2. The smallest absolute Gasteiger partial charge is 0.351 e. The summed E-state index contributed by atoms with van der Waals surface area (Å²) in [7, 11) is 0. The van der Waals surface area contributed by atoms with Gasteiger partial charge < -0.3 is 10.3 Å². The highest BCUT2D eigenvalue weighted by Gasteiger charge is 2.38. The van der Waals surface area contributed by atoms with Crippen LogP contribution in [-0.4, -0.2) is 16.9 Å². The van der Waals surface area contributed by atoms with Gasteiger partial charge >= 0.3 is 12.4 Å². The van der Waals surface area contributed by atoms with Gasteiger partial charge in [-0.15, -0.1) is 0 Å². The van der Waals surface area contributed by atoms with E-state index in [-0.39, 0.29) is 23.3 Å². The fraction of sp³-hybridized carbons (Fsp3) is 0.550. The van der Waals surface area contributed by atoms with Gasteiger partial charge in [0.1, 0.15) is 5.69 Å². The van der Waals surface area contributed by atoms with Crippen LogP contribution in [0.1, 0.15) is 74.0 Å². The largest absolute Gasteiger partial charge is 0.417 e. The minimum absolute atomic E-state index is 0.0726. The molecule has 0 aliphatic heterocycles. The molecule has 0 spiro atoms. The summed E-state index contributed by atoms with van der Waals surface area (Å²) in [4.78, 5) is 15.0. The topological polar surface area (TPSA) is 44.9 Å². The number of benzene rings is 1. The number of halogens is 6. The second kappa shape index (κ2) is 9.09. The SMILES string of the molecule is CCCCC(CCCC)NC(=O)c1cc2c(C(F)(F)F)cc(C(F)(F)F)cc2[nH]1. The molecular formula is C20H24F6N2O. The molecule has 0 unspecified atom stereocenters. The zero-order valence-electron chi connectivity index (χ0n) is 16.2. The molecule has 29 heavy (non-hydrogen) atoms. The normalized spacial score (nSPS) is 12.7. The highest BCUT2D eigenvalue weighted by Crippen LogP contribution is 2.40. The molecule has 0 fully saturated rings. The monoisotopic (exact) mass is 422 g/mol. The number of fused-ring (bicyclic) bond motifs is 1. The summed E-state index contributed by atoms with van der Waals surface area (Å²) in [5.74, 6) is -0.625. The van der Waals surface area contributed by atoms with Gasteiger partial charge in [-0.05, 0) is 31.0 Å². The lowest BCUT2D eigenvalue weighted by atomic mass is 10.0. The predicted molar refractivity (Wildman–Crippen MR) is 98.6 cm³/mol. The lowest BCUT2D eigenvalue weighted by molar-refractivity contribution is -0.142. The molecule has 0 saturated carbocycles. The summed E-state index contributed by atoms with van der Waals surface area (Å²) < 4.78 is 78.9. The Morgan fingerprint density at radius 1 is 0.966 bits per heavy atom. The van der Waals surface area contributed by atoms with Crippen molar-refractivity contribution in [2.45, 2.75) is 70.8 Å². The van der Waals surface area contributed by atoms with E-state index in [0.29, 0.717) is 6.07 Å². The number of hydrogen-bond donors (Lipinski definition) is 2. The minimum atomic E-state index is -4.99. The molecule has 1 amide bonds. The number of H-pyrrole nitrogens is 1. The van der Waals surface area contributed by atoms with Gasteiger partial charge in [0.05, 0.1) is 11.1 Å². The average Bonchev–Trinajstić information content (AvgIpc) is 3.05. The summed E-state index contributed by atoms with van der Waals surface area (Å²) in [6.45, 7) is 4.01. The van der Waals surface area contributed by atoms with Crippen LogP contribution >= 0.6 is 0 Å². The summed E-state index contributed by atoms with van der Waals surface area (Å²) in [5, 5.41) is 2.33. The van der Waals surface area contributed by atoms with Crippen molar-refractivity contribution in [2.75, 3.05) is 0 Å². The van der Waals surface area contributed by atoms with Crippen molar-refractivity contribution in [3.63, 3.8) is 0 Å². The molecule has 0 atom stereocenters. The van der Waals surface area contributed by atoms with Crippen LogP contribution in [0.15, 0.2) is 18.2 Å². The number of amides is 1. The summed E-state index contributed by atoms with van der Waals surface area (Å²) >= 11 is 0. The maximum atomic E-state index is 13.3. The van der Waals surface area contributed by atoms with Crippen molar-refractivity contribution in [3.8, 4) is 0 Å². The summed E-state index contributed by atoms with van der Waals surface area (Å²) in [6.07, 6.45) is -4.83. The van der Waals surface area contributed by atoms with Gasteiger partial charge in [0.25, 0.3) is 5.91 Å². The van der Waals surface area contributed by atoms with Crippen molar-refractivity contribution < 1.29 is 31.1 Å². The number of rotatable bonds is 8. The van der Waals surface area contributed by atoms with Gasteiger partial charge in [-0.25, -0.2) is 0 Å². The Balaban J connectivity index is 2.39. The van der Waals surface area contributed by atoms with E-state index in [1.807, 2.05) is 13.8 Å². The number of carbonyl (C=O) groups excluding carboxylic acids is 1. The third kappa shape index (κ3) is 5.90. The van der Waals surface area contributed by atoms with Crippen molar-refractivity contribution in [1.82, 2.24) is 10.3 Å². The van der Waals surface area contributed by atoms with Crippen LogP contribution < -0.4 is 5.32 Å². The van der Waals surface area contributed by atoms with E-state index < -0.39 is 34.8 Å². The Morgan fingerprint density at radius 2 is 1.55 bits per heavy atom. The van der Waals surface area contributed by atoms with Gasteiger partial charge in [0, 0.05) is 16.9 Å². The third-order valence-electron chi connectivity index (χ3n) is 4.76.